The molecule has 0 saturated carbocycles. The average Bonchev–Trinajstić information content (AvgIpc) is 3.20. The maximum atomic E-state index is 12.2. The fraction of sp³-hybridized carbons (Fsp3) is 0.0952. The molecule has 0 aliphatic carbocycles. The number of carbonyl (C=O) groups is 1. The van der Waals surface area contributed by atoms with E-state index >= 15 is 0 Å². The molecule has 0 spiro atoms. The first-order valence-electron chi connectivity index (χ1n) is 8.13. The highest BCUT2D eigenvalue weighted by Crippen LogP contribution is 2.23. The summed E-state index contributed by atoms with van der Waals surface area (Å²) in [6, 6.07) is 20.9. The molecule has 126 valence electrons. The van der Waals surface area contributed by atoms with Gasteiger partial charge in [-0.15, -0.1) is 6.58 Å². The summed E-state index contributed by atoms with van der Waals surface area (Å²) in [6.45, 7) is 3.80. The van der Waals surface area contributed by atoms with Crippen LogP contribution in [0.2, 0.25) is 0 Å². The smallest absolute Gasteiger partial charge is 0.265 e. The Kier molecular flexibility index (Phi) is 5.44. The number of nitrogens with one attached hydrogen (secondary N) is 2. The van der Waals surface area contributed by atoms with Crippen molar-refractivity contribution in [2.45, 2.75) is 12.5 Å². The molecule has 1 atom stereocenters. The first-order valence-corrected chi connectivity index (χ1v) is 8.13. The number of amides is 1. The van der Waals surface area contributed by atoms with Crippen LogP contribution in [0.1, 0.15) is 28.4 Å². The van der Waals surface area contributed by atoms with Crippen LogP contribution in [0.3, 0.4) is 0 Å². The van der Waals surface area contributed by atoms with Crippen LogP contribution in [-0.4, -0.2) is 5.91 Å². The zero-order valence-electron chi connectivity index (χ0n) is 13.8. The highest BCUT2D eigenvalue weighted by atomic mass is 16.3. The van der Waals surface area contributed by atoms with Crippen LogP contribution < -0.4 is 10.9 Å². The van der Waals surface area contributed by atoms with Gasteiger partial charge in [0.1, 0.15) is 5.76 Å². The molecule has 0 radical (unpaired) electrons. The molecule has 3 rings (SSSR count). The van der Waals surface area contributed by atoms with E-state index in [0.29, 0.717) is 12.0 Å². The van der Waals surface area contributed by atoms with Crippen molar-refractivity contribution in [1.29, 1.82) is 0 Å². The van der Waals surface area contributed by atoms with E-state index in [0.717, 1.165) is 16.9 Å². The van der Waals surface area contributed by atoms with Crippen LogP contribution in [-0.2, 0) is 0 Å². The summed E-state index contributed by atoms with van der Waals surface area (Å²) >= 11 is 0. The van der Waals surface area contributed by atoms with Gasteiger partial charge in [0.15, 0.2) is 0 Å². The standard InChI is InChI=1S/C21H20N2O2/c1-2-7-19(22-23-21(24)18-8-4-3-5-9-18)16-11-13-17(14-12-16)20-10-6-15-25-20/h2-6,8-15,19,22H,1,7H2,(H,23,24). The van der Waals surface area contributed by atoms with E-state index in [1.165, 1.54) is 0 Å². The quantitative estimate of drug-likeness (QED) is 0.495. The van der Waals surface area contributed by atoms with Crippen molar-refractivity contribution in [2.24, 2.45) is 0 Å². The fourth-order valence-corrected chi connectivity index (χ4v) is 2.58. The van der Waals surface area contributed by atoms with Gasteiger partial charge >= 0.3 is 0 Å². The van der Waals surface area contributed by atoms with Gasteiger partial charge in [0, 0.05) is 11.1 Å². The van der Waals surface area contributed by atoms with Crippen molar-refractivity contribution in [3.8, 4) is 11.3 Å². The lowest BCUT2D eigenvalue weighted by Crippen LogP contribution is -2.39. The Balaban J connectivity index is 1.68. The Bertz CT molecular complexity index is 809. The molecule has 4 heteroatoms. The predicted molar refractivity (Wildman–Crippen MR) is 98.7 cm³/mol. The molecule has 2 aromatic carbocycles. The molecule has 0 bridgehead atoms. The van der Waals surface area contributed by atoms with Crippen LogP contribution in [0.5, 0.6) is 0 Å². The molecule has 1 amide bonds. The second-order valence-electron chi connectivity index (χ2n) is 5.64. The zero-order chi connectivity index (χ0) is 17.5. The predicted octanol–water partition coefficient (Wildman–Crippen LogP) is 4.50. The maximum Gasteiger partial charge on any atom is 0.265 e. The van der Waals surface area contributed by atoms with Crippen LogP contribution in [0.4, 0.5) is 0 Å². The van der Waals surface area contributed by atoms with Crippen molar-refractivity contribution >= 4 is 5.91 Å². The van der Waals surface area contributed by atoms with E-state index in [2.05, 4.69) is 17.4 Å². The second kappa shape index (κ2) is 8.13. The molecule has 0 fully saturated rings. The van der Waals surface area contributed by atoms with Crippen molar-refractivity contribution in [3.05, 3.63) is 96.8 Å². The lowest BCUT2D eigenvalue weighted by atomic mass is 10.0. The lowest BCUT2D eigenvalue weighted by molar-refractivity contribution is 0.0925. The Labute approximate surface area is 147 Å². The van der Waals surface area contributed by atoms with E-state index in [1.807, 2.05) is 60.7 Å². The monoisotopic (exact) mass is 332 g/mol. The summed E-state index contributed by atoms with van der Waals surface area (Å²) in [7, 11) is 0. The first kappa shape index (κ1) is 16.7. The summed E-state index contributed by atoms with van der Waals surface area (Å²) in [4.78, 5) is 12.2. The van der Waals surface area contributed by atoms with E-state index in [-0.39, 0.29) is 11.9 Å². The summed E-state index contributed by atoms with van der Waals surface area (Å²) in [6.07, 6.45) is 4.17. The molecule has 3 aromatic rings. The second-order valence-corrected chi connectivity index (χ2v) is 5.64. The van der Waals surface area contributed by atoms with Crippen LogP contribution in [0.25, 0.3) is 11.3 Å². The minimum Gasteiger partial charge on any atom is -0.464 e. The van der Waals surface area contributed by atoms with Gasteiger partial charge in [0.25, 0.3) is 5.91 Å². The Morgan fingerprint density at radius 1 is 1.04 bits per heavy atom. The lowest BCUT2D eigenvalue weighted by Gasteiger charge is -2.18. The third kappa shape index (κ3) is 4.25. The van der Waals surface area contributed by atoms with Gasteiger partial charge < -0.3 is 4.42 Å². The number of carbonyl (C=O) groups excluding carboxylic acids is 1. The van der Waals surface area contributed by atoms with Crippen LogP contribution in [0.15, 0.2) is 90.1 Å². The molecular formula is C21H20N2O2. The number of furan rings is 1. The number of rotatable bonds is 7. The van der Waals surface area contributed by atoms with Gasteiger partial charge in [-0.2, -0.15) is 0 Å². The van der Waals surface area contributed by atoms with Crippen molar-refractivity contribution in [1.82, 2.24) is 10.9 Å². The van der Waals surface area contributed by atoms with E-state index < -0.39 is 0 Å². The Morgan fingerprint density at radius 3 is 2.44 bits per heavy atom. The largest absolute Gasteiger partial charge is 0.464 e. The Morgan fingerprint density at radius 2 is 1.80 bits per heavy atom. The van der Waals surface area contributed by atoms with Crippen LogP contribution in [0, 0.1) is 0 Å². The first-order chi connectivity index (χ1) is 12.3. The SMILES string of the molecule is C=CCC(NNC(=O)c1ccccc1)c1ccc(-c2ccco2)cc1. The molecule has 1 heterocycles. The minimum absolute atomic E-state index is 0.0594. The van der Waals surface area contributed by atoms with E-state index in [9.17, 15) is 4.79 Å². The van der Waals surface area contributed by atoms with Gasteiger partial charge in [0.05, 0.1) is 12.3 Å². The fourth-order valence-electron chi connectivity index (χ4n) is 2.58. The van der Waals surface area contributed by atoms with Gasteiger partial charge in [-0.25, -0.2) is 5.43 Å². The van der Waals surface area contributed by atoms with E-state index in [1.54, 1.807) is 18.4 Å². The van der Waals surface area contributed by atoms with Crippen molar-refractivity contribution < 1.29 is 9.21 Å². The highest BCUT2D eigenvalue weighted by Gasteiger charge is 2.12. The number of benzene rings is 2. The normalized spacial score (nSPS) is 11.7. The Hall–Kier alpha value is -3.11. The topological polar surface area (TPSA) is 54.3 Å². The summed E-state index contributed by atoms with van der Waals surface area (Å²) in [5, 5.41) is 0. The highest BCUT2D eigenvalue weighted by molar-refractivity contribution is 5.93. The molecule has 1 unspecified atom stereocenters. The van der Waals surface area contributed by atoms with Crippen molar-refractivity contribution in [3.63, 3.8) is 0 Å². The summed E-state index contributed by atoms with van der Waals surface area (Å²) in [5.41, 5.74) is 8.55. The molecule has 1 aromatic heterocycles. The van der Waals surface area contributed by atoms with Gasteiger partial charge in [-0.1, -0.05) is 48.5 Å². The molecule has 2 N–H and O–H groups in total. The summed E-state index contributed by atoms with van der Waals surface area (Å²) < 4.78 is 5.41. The van der Waals surface area contributed by atoms with Gasteiger partial charge in [0.2, 0.25) is 0 Å². The molecule has 0 aliphatic heterocycles. The average molecular weight is 332 g/mol. The molecular weight excluding hydrogens is 312 g/mol. The van der Waals surface area contributed by atoms with Gasteiger partial charge in [-0.3, -0.25) is 10.2 Å². The third-order valence-corrected chi connectivity index (χ3v) is 3.92. The van der Waals surface area contributed by atoms with Gasteiger partial charge in [-0.05, 0) is 36.2 Å². The molecule has 4 nitrogen and oxygen atoms in total. The number of hydrogen-bond donors (Lipinski definition) is 2. The van der Waals surface area contributed by atoms with E-state index in [4.69, 9.17) is 4.42 Å². The minimum atomic E-state index is -0.165. The molecule has 0 aliphatic rings. The maximum absolute atomic E-state index is 12.2. The number of hydrazine groups is 1. The third-order valence-electron chi connectivity index (χ3n) is 3.92. The molecule has 0 saturated heterocycles. The van der Waals surface area contributed by atoms with Crippen molar-refractivity contribution in [2.75, 3.05) is 0 Å². The van der Waals surface area contributed by atoms with Crippen LogP contribution >= 0.6 is 0 Å². The number of hydrogen-bond acceptors (Lipinski definition) is 3. The summed E-state index contributed by atoms with van der Waals surface area (Å²) in [5.74, 6) is 0.666. The zero-order valence-corrected chi connectivity index (χ0v) is 13.8. The molecule has 25 heavy (non-hydrogen) atoms.